The highest BCUT2D eigenvalue weighted by Gasteiger charge is 2.24. The Morgan fingerprint density at radius 1 is 1.23 bits per heavy atom. The highest BCUT2D eigenvalue weighted by molar-refractivity contribution is 7.91. The standard InChI is InChI=1S/C14H16ClNO5S/c15-10-1-5-12(6-2-10)22(19,20)8-7-14(18)21-9-13(17)16-11-3-4-11/h1-2,5-6,11H,3-4,7-9H2,(H,16,17). The molecule has 0 bridgehead atoms. The fourth-order valence-electron chi connectivity index (χ4n) is 1.69. The molecule has 1 aliphatic carbocycles. The molecule has 2 rings (SSSR count). The van der Waals surface area contributed by atoms with Crippen LogP contribution in [0.25, 0.3) is 0 Å². The van der Waals surface area contributed by atoms with E-state index in [-0.39, 0.29) is 35.6 Å². The van der Waals surface area contributed by atoms with E-state index in [0.29, 0.717) is 5.02 Å². The highest BCUT2D eigenvalue weighted by atomic mass is 35.5. The fourth-order valence-corrected chi connectivity index (χ4v) is 3.04. The van der Waals surface area contributed by atoms with Gasteiger partial charge < -0.3 is 10.1 Å². The number of benzene rings is 1. The summed E-state index contributed by atoms with van der Waals surface area (Å²) in [5, 5.41) is 3.10. The lowest BCUT2D eigenvalue weighted by molar-refractivity contribution is -0.148. The first kappa shape index (κ1) is 16.8. The van der Waals surface area contributed by atoms with Gasteiger partial charge in [-0.1, -0.05) is 11.6 Å². The van der Waals surface area contributed by atoms with Crippen molar-refractivity contribution in [3.8, 4) is 0 Å². The van der Waals surface area contributed by atoms with Crippen LogP contribution in [0.2, 0.25) is 5.02 Å². The highest BCUT2D eigenvalue weighted by Crippen LogP contribution is 2.18. The van der Waals surface area contributed by atoms with Crippen molar-refractivity contribution in [1.29, 1.82) is 0 Å². The second-order valence-corrected chi connectivity index (χ2v) is 7.57. The van der Waals surface area contributed by atoms with Crippen molar-refractivity contribution in [3.63, 3.8) is 0 Å². The number of nitrogens with one attached hydrogen (secondary N) is 1. The molecule has 22 heavy (non-hydrogen) atoms. The van der Waals surface area contributed by atoms with E-state index in [1.54, 1.807) is 0 Å². The summed E-state index contributed by atoms with van der Waals surface area (Å²) >= 11 is 5.69. The predicted molar refractivity (Wildman–Crippen MR) is 80.2 cm³/mol. The Balaban J connectivity index is 1.76. The molecule has 1 aliphatic rings. The summed E-state index contributed by atoms with van der Waals surface area (Å²) in [6.07, 6.45) is 1.58. The Kier molecular flexibility index (Phi) is 5.42. The summed E-state index contributed by atoms with van der Waals surface area (Å²) in [5.74, 6) is -1.46. The minimum absolute atomic E-state index is 0.0937. The SMILES string of the molecule is O=C(COC(=O)CCS(=O)(=O)c1ccc(Cl)cc1)NC1CC1. The van der Waals surface area contributed by atoms with E-state index in [9.17, 15) is 18.0 Å². The van der Waals surface area contributed by atoms with Gasteiger partial charge in [-0.2, -0.15) is 0 Å². The summed E-state index contributed by atoms with van der Waals surface area (Å²) in [6.45, 7) is -0.379. The van der Waals surface area contributed by atoms with Crippen LogP contribution in [0, 0.1) is 0 Å². The number of rotatable bonds is 7. The van der Waals surface area contributed by atoms with Gasteiger partial charge in [0, 0.05) is 11.1 Å². The first-order valence-electron chi connectivity index (χ1n) is 6.80. The van der Waals surface area contributed by atoms with Crippen molar-refractivity contribution in [3.05, 3.63) is 29.3 Å². The molecule has 120 valence electrons. The maximum Gasteiger partial charge on any atom is 0.307 e. The monoisotopic (exact) mass is 345 g/mol. The van der Waals surface area contributed by atoms with Gasteiger partial charge in [-0.15, -0.1) is 0 Å². The average molecular weight is 346 g/mol. The lowest BCUT2D eigenvalue weighted by Crippen LogP contribution is -2.30. The normalized spacial score (nSPS) is 14.4. The molecule has 0 aliphatic heterocycles. The van der Waals surface area contributed by atoms with Crippen molar-refractivity contribution in [2.75, 3.05) is 12.4 Å². The molecular weight excluding hydrogens is 330 g/mol. The summed E-state index contributed by atoms with van der Waals surface area (Å²) in [4.78, 5) is 22.9. The molecule has 0 heterocycles. The first-order chi connectivity index (χ1) is 10.4. The van der Waals surface area contributed by atoms with Crippen LogP contribution in [0.3, 0.4) is 0 Å². The molecule has 0 atom stereocenters. The zero-order chi connectivity index (χ0) is 16.2. The minimum Gasteiger partial charge on any atom is -0.456 e. The van der Waals surface area contributed by atoms with Gasteiger partial charge in [0.25, 0.3) is 5.91 Å². The Morgan fingerprint density at radius 3 is 2.45 bits per heavy atom. The van der Waals surface area contributed by atoms with Crippen LogP contribution < -0.4 is 5.32 Å². The number of carbonyl (C=O) groups excluding carboxylic acids is 2. The van der Waals surface area contributed by atoms with Crippen molar-refractivity contribution in [2.45, 2.75) is 30.2 Å². The van der Waals surface area contributed by atoms with Gasteiger partial charge in [-0.05, 0) is 37.1 Å². The lowest BCUT2D eigenvalue weighted by atomic mass is 10.4. The van der Waals surface area contributed by atoms with Crippen molar-refractivity contribution >= 4 is 33.3 Å². The summed E-state index contributed by atoms with van der Waals surface area (Å²) in [5.41, 5.74) is 0. The van der Waals surface area contributed by atoms with E-state index in [2.05, 4.69) is 5.32 Å². The van der Waals surface area contributed by atoms with E-state index in [1.165, 1.54) is 24.3 Å². The van der Waals surface area contributed by atoms with Crippen LogP contribution in [0.4, 0.5) is 0 Å². The minimum atomic E-state index is -3.58. The maximum absolute atomic E-state index is 12.0. The molecule has 1 amide bonds. The number of ether oxygens (including phenoxy) is 1. The largest absolute Gasteiger partial charge is 0.456 e. The Bertz CT molecular complexity index is 652. The Morgan fingerprint density at radius 2 is 1.86 bits per heavy atom. The van der Waals surface area contributed by atoms with Crippen LogP contribution in [0.15, 0.2) is 29.2 Å². The maximum atomic E-state index is 12.0. The smallest absolute Gasteiger partial charge is 0.307 e. The van der Waals surface area contributed by atoms with Gasteiger partial charge in [0.1, 0.15) is 0 Å². The van der Waals surface area contributed by atoms with Gasteiger partial charge in [0.05, 0.1) is 17.1 Å². The fraction of sp³-hybridized carbons (Fsp3) is 0.429. The molecule has 1 fully saturated rings. The summed E-state index contributed by atoms with van der Waals surface area (Å²) in [6, 6.07) is 5.89. The molecule has 1 saturated carbocycles. The van der Waals surface area contributed by atoms with Gasteiger partial charge in [0.15, 0.2) is 16.4 Å². The van der Waals surface area contributed by atoms with E-state index >= 15 is 0 Å². The Hall–Kier alpha value is -1.60. The van der Waals surface area contributed by atoms with Crippen LogP contribution in [0.5, 0.6) is 0 Å². The molecule has 0 aromatic heterocycles. The zero-order valence-corrected chi connectivity index (χ0v) is 13.3. The second kappa shape index (κ2) is 7.11. The Labute approximate surface area is 133 Å². The number of sulfone groups is 1. The molecular formula is C14H16ClNO5S. The van der Waals surface area contributed by atoms with Gasteiger partial charge in [0.2, 0.25) is 0 Å². The number of hydrogen-bond acceptors (Lipinski definition) is 5. The van der Waals surface area contributed by atoms with Crippen LogP contribution in [-0.2, 0) is 24.2 Å². The number of halogens is 1. The molecule has 1 N–H and O–H groups in total. The van der Waals surface area contributed by atoms with Crippen molar-refractivity contribution in [1.82, 2.24) is 5.32 Å². The third-order valence-electron chi connectivity index (χ3n) is 3.05. The third-order valence-corrected chi connectivity index (χ3v) is 5.04. The lowest BCUT2D eigenvalue weighted by Gasteiger charge is -2.06. The summed E-state index contributed by atoms with van der Waals surface area (Å²) in [7, 11) is -3.58. The van der Waals surface area contributed by atoms with E-state index in [0.717, 1.165) is 12.8 Å². The second-order valence-electron chi connectivity index (χ2n) is 5.03. The summed E-state index contributed by atoms with van der Waals surface area (Å²) < 4.78 is 28.8. The number of hydrogen-bond donors (Lipinski definition) is 1. The quantitative estimate of drug-likeness (QED) is 0.753. The molecule has 1 aromatic rings. The predicted octanol–water partition coefficient (Wildman–Crippen LogP) is 1.33. The topological polar surface area (TPSA) is 89.5 Å². The number of esters is 1. The molecule has 0 saturated heterocycles. The third kappa shape index (κ3) is 5.31. The number of carbonyl (C=O) groups is 2. The molecule has 0 unspecified atom stereocenters. The van der Waals surface area contributed by atoms with E-state index in [4.69, 9.17) is 16.3 Å². The van der Waals surface area contributed by atoms with Crippen molar-refractivity contribution in [2.24, 2.45) is 0 Å². The molecule has 1 aromatic carbocycles. The molecule has 0 spiro atoms. The van der Waals surface area contributed by atoms with Crippen LogP contribution >= 0.6 is 11.6 Å². The van der Waals surface area contributed by atoms with Gasteiger partial charge >= 0.3 is 5.97 Å². The van der Waals surface area contributed by atoms with Crippen molar-refractivity contribution < 1.29 is 22.7 Å². The van der Waals surface area contributed by atoms with Crippen LogP contribution in [0.1, 0.15) is 19.3 Å². The van der Waals surface area contributed by atoms with E-state index < -0.39 is 15.8 Å². The molecule has 0 radical (unpaired) electrons. The van der Waals surface area contributed by atoms with E-state index in [1.807, 2.05) is 0 Å². The van der Waals surface area contributed by atoms with Gasteiger partial charge in [-0.25, -0.2) is 8.42 Å². The average Bonchev–Trinajstić information content (AvgIpc) is 3.27. The number of amides is 1. The molecule has 6 nitrogen and oxygen atoms in total. The first-order valence-corrected chi connectivity index (χ1v) is 8.83. The zero-order valence-electron chi connectivity index (χ0n) is 11.7. The van der Waals surface area contributed by atoms with Gasteiger partial charge in [-0.3, -0.25) is 9.59 Å². The molecule has 8 heteroatoms. The van der Waals surface area contributed by atoms with Crippen LogP contribution in [-0.4, -0.2) is 38.7 Å².